The molecule has 0 saturated heterocycles. The molecule has 0 saturated carbocycles. The van der Waals surface area contributed by atoms with Crippen LogP contribution in [0, 0.1) is 13.8 Å². The van der Waals surface area contributed by atoms with Crippen LogP contribution in [0.2, 0.25) is 5.02 Å². The Labute approximate surface area is 166 Å². The van der Waals surface area contributed by atoms with Crippen molar-refractivity contribution >= 4 is 34.8 Å². The minimum Gasteiger partial charge on any atom is -0.326 e. The molecule has 0 heterocycles. The van der Waals surface area contributed by atoms with Crippen LogP contribution in [0.1, 0.15) is 49.8 Å². The summed E-state index contributed by atoms with van der Waals surface area (Å²) in [6.45, 7) is 9.85. The number of carbonyl (C=O) groups excluding carboxylic acids is 2. The maximum atomic E-state index is 12.6. The zero-order chi connectivity index (χ0) is 20.1. The maximum absolute atomic E-state index is 12.6. The van der Waals surface area contributed by atoms with Crippen molar-refractivity contribution in [1.82, 2.24) is 0 Å². The number of carbonyl (C=O) groups is 2. The van der Waals surface area contributed by atoms with E-state index in [1.807, 2.05) is 44.2 Å². The lowest BCUT2D eigenvalue weighted by molar-refractivity contribution is -0.117. The van der Waals surface area contributed by atoms with Gasteiger partial charge in [-0.2, -0.15) is 0 Å². The van der Waals surface area contributed by atoms with Crippen molar-refractivity contribution in [2.45, 2.75) is 47.0 Å². The van der Waals surface area contributed by atoms with Gasteiger partial charge in [0.1, 0.15) is 0 Å². The Morgan fingerprint density at radius 2 is 1.78 bits per heavy atom. The van der Waals surface area contributed by atoms with E-state index in [0.29, 0.717) is 17.5 Å². The number of anilines is 2. The van der Waals surface area contributed by atoms with E-state index in [1.54, 1.807) is 11.0 Å². The van der Waals surface area contributed by atoms with Crippen molar-refractivity contribution in [2.75, 3.05) is 16.8 Å². The van der Waals surface area contributed by atoms with Crippen molar-refractivity contribution in [3.8, 4) is 0 Å². The second kappa shape index (κ2) is 9.05. The Kier molecular flexibility index (Phi) is 7.03. The number of hydrogen-bond donors (Lipinski definition) is 1. The predicted octanol–water partition coefficient (Wildman–Crippen LogP) is 5.46. The number of hydrogen-bond acceptors (Lipinski definition) is 2. The first-order valence-electron chi connectivity index (χ1n) is 9.15. The summed E-state index contributed by atoms with van der Waals surface area (Å²) in [6, 6.07) is 11.5. The molecule has 2 aromatic carbocycles. The van der Waals surface area contributed by atoms with Crippen molar-refractivity contribution < 1.29 is 9.59 Å². The molecule has 144 valence electrons. The fourth-order valence-electron chi connectivity index (χ4n) is 3.09. The van der Waals surface area contributed by atoms with E-state index in [2.05, 4.69) is 19.2 Å². The number of para-hydroxylation sites is 1. The minimum atomic E-state index is -0.119. The molecule has 0 aromatic heterocycles. The van der Waals surface area contributed by atoms with Gasteiger partial charge in [0, 0.05) is 36.3 Å². The molecule has 0 unspecified atom stereocenters. The van der Waals surface area contributed by atoms with Gasteiger partial charge in [0.25, 0.3) is 0 Å². The summed E-state index contributed by atoms with van der Waals surface area (Å²) in [5, 5.41) is 3.63. The van der Waals surface area contributed by atoms with E-state index in [1.165, 1.54) is 6.92 Å². The third-order valence-corrected chi connectivity index (χ3v) is 5.07. The van der Waals surface area contributed by atoms with Crippen LogP contribution < -0.4 is 10.2 Å². The van der Waals surface area contributed by atoms with Crippen LogP contribution in [0.25, 0.3) is 0 Å². The van der Waals surface area contributed by atoms with Crippen molar-refractivity contribution in [2.24, 2.45) is 0 Å². The van der Waals surface area contributed by atoms with E-state index in [4.69, 9.17) is 11.6 Å². The highest BCUT2D eigenvalue weighted by atomic mass is 35.5. The topological polar surface area (TPSA) is 49.4 Å². The fraction of sp³-hybridized carbons (Fsp3) is 0.364. The molecule has 0 aliphatic carbocycles. The van der Waals surface area contributed by atoms with Gasteiger partial charge in [0.15, 0.2) is 0 Å². The van der Waals surface area contributed by atoms with Gasteiger partial charge in [0.05, 0.1) is 0 Å². The maximum Gasteiger partial charge on any atom is 0.226 e. The first-order valence-corrected chi connectivity index (χ1v) is 9.52. The van der Waals surface area contributed by atoms with Crippen LogP contribution in [0.4, 0.5) is 11.4 Å². The Balaban J connectivity index is 2.14. The SMILES string of the molecule is CC(=O)N(CCC(=O)Nc1c(C)cccc1C(C)C)c1cccc(Cl)c1C. The Morgan fingerprint density at radius 3 is 2.41 bits per heavy atom. The van der Waals surface area contributed by atoms with Crippen LogP contribution in [0.15, 0.2) is 36.4 Å². The van der Waals surface area contributed by atoms with Gasteiger partial charge < -0.3 is 10.2 Å². The summed E-state index contributed by atoms with van der Waals surface area (Å²) >= 11 is 6.18. The first kappa shape index (κ1) is 21.0. The second-order valence-electron chi connectivity index (χ2n) is 7.05. The Morgan fingerprint density at radius 1 is 1.11 bits per heavy atom. The van der Waals surface area contributed by atoms with Crippen LogP contribution >= 0.6 is 11.6 Å². The van der Waals surface area contributed by atoms with Crippen molar-refractivity contribution in [1.29, 1.82) is 0 Å². The normalized spacial score (nSPS) is 10.8. The number of nitrogens with zero attached hydrogens (tertiary/aromatic N) is 1. The molecule has 4 nitrogen and oxygen atoms in total. The summed E-state index contributed by atoms with van der Waals surface area (Å²) in [7, 11) is 0. The van der Waals surface area contributed by atoms with Crippen LogP contribution in [-0.4, -0.2) is 18.4 Å². The van der Waals surface area contributed by atoms with Crippen molar-refractivity contribution in [3.63, 3.8) is 0 Å². The Bertz CT molecular complexity index is 846. The molecule has 0 spiro atoms. The van der Waals surface area contributed by atoms with Crippen molar-refractivity contribution in [3.05, 3.63) is 58.1 Å². The quantitative estimate of drug-likeness (QED) is 0.716. The zero-order valence-electron chi connectivity index (χ0n) is 16.6. The standard InChI is InChI=1S/C22H27ClN2O2/c1-14(2)18-9-6-8-15(3)22(18)24-21(27)12-13-25(17(5)26)20-11-7-10-19(23)16(20)4/h6-11,14H,12-13H2,1-5H3,(H,24,27). The number of halogens is 1. The smallest absolute Gasteiger partial charge is 0.226 e. The lowest BCUT2D eigenvalue weighted by Gasteiger charge is -2.24. The molecular weight excluding hydrogens is 360 g/mol. The summed E-state index contributed by atoms with van der Waals surface area (Å²) in [6.07, 6.45) is 0.206. The molecule has 0 fully saturated rings. The molecule has 0 aliphatic heterocycles. The zero-order valence-corrected chi connectivity index (χ0v) is 17.4. The molecule has 0 bridgehead atoms. The third kappa shape index (κ3) is 5.10. The highest BCUT2D eigenvalue weighted by Gasteiger charge is 2.18. The van der Waals surface area contributed by atoms with E-state index in [-0.39, 0.29) is 18.2 Å². The van der Waals surface area contributed by atoms with Gasteiger partial charge in [-0.05, 0) is 48.6 Å². The number of benzene rings is 2. The average Bonchev–Trinajstić information content (AvgIpc) is 2.59. The van der Waals surface area contributed by atoms with Gasteiger partial charge >= 0.3 is 0 Å². The van der Waals surface area contributed by atoms with Gasteiger partial charge in [-0.25, -0.2) is 0 Å². The minimum absolute atomic E-state index is 0.114. The Hall–Kier alpha value is -2.33. The highest BCUT2D eigenvalue weighted by Crippen LogP contribution is 2.28. The monoisotopic (exact) mass is 386 g/mol. The summed E-state index contributed by atoms with van der Waals surface area (Å²) in [5.41, 5.74) is 4.57. The van der Waals surface area contributed by atoms with Gasteiger partial charge in [-0.3, -0.25) is 9.59 Å². The lowest BCUT2D eigenvalue weighted by Crippen LogP contribution is -2.32. The van der Waals surface area contributed by atoms with Gasteiger partial charge in [-0.15, -0.1) is 0 Å². The molecule has 5 heteroatoms. The molecule has 27 heavy (non-hydrogen) atoms. The highest BCUT2D eigenvalue weighted by molar-refractivity contribution is 6.31. The van der Waals surface area contributed by atoms with Gasteiger partial charge in [-0.1, -0.05) is 49.7 Å². The second-order valence-corrected chi connectivity index (χ2v) is 7.45. The summed E-state index contributed by atoms with van der Waals surface area (Å²) in [4.78, 5) is 26.3. The predicted molar refractivity (Wildman–Crippen MR) is 113 cm³/mol. The largest absolute Gasteiger partial charge is 0.326 e. The third-order valence-electron chi connectivity index (χ3n) is 4.66. The van der Waals surface area contributed by atoms with E-state index in [0.717, 1.165) is 28.1 Å². The molecular formula is C22H27ClN2O2. The summed E-state index contributed by atoms with van der Waals surface area (Å²) in [5.74, 6) is 0.0760. The van der Waals surface area contributed by atoms with E-state index < -0.39 is 0 Å². The molecule has 2 amide bonds. The van der Waals surface area contributed by atoms with Crippen LogP contribution in [-0.2, 0) is 9.59 Å². The van der Waals surface area contributed by atoms with E-state index in [9.17, 15) is 9.59 Å². The average molecular weight is 387 g/mol. The molecule has 2 rings (SSSR count). The van der Waals surface area contributed by atoms with Gasteiger partial charge in [0.2, 0.25) is 11.8 Å². The van der Waals surface area contributed by atoms with Crippen LogP contribution in [0.3, 0.4) is 0 Å². The first-order chi connectivity index (χ1) is 12.7. The summed E-state index contributed by atoms with van der Waals surface area (Å²) < 4.78 is 0. The molecule has 0 atom stereocenters. The molecule has 1 N–H and O–H groups in total. The van der Waals surface area contributed by atoms with Crippen LogP contribution in [0.5, 0.6) is 0 Å². The number of rotatable bonds is 6. The molecule has 2 aromatic rings. The fourth-order valence-corrected chi connectivity index (χ4v) is 3.26. The molecule has 0 radical (unpaired) electrons. The molecule has 0 aliphatic rings. The number of amides is 2. The van der Waals surface area contributed by atoms with E-state index >= 15 is 0 Å². The lowest BCUT2D eigenvalue weighted by atomic mass is 9.98. The number of nitrogens with one attached hydrogen (secondary N) is 1. The number of aryl methyl sites for hydroxylation is 1.